The molecule has 1 aromatic carbocycles. The summed E-state index contributed by atoms with van der Waals surface area (Å²) in [6.07, 6.45) is 0. The van der Waals surface area contributed by atoms with Gasteiger partial charge in [-0.1, -0.05) is 11.6 Å². The second kappa shape index (κ2) is 7.53. The van der Waals surface area contributed by atoms with E-state index in [1.807, 2.05) is 0 Å². The zero-order valence-electron chi connectivity index (χ0n) is 13.8. The minimum Gasteiger partial charge on any atom is -0.373 e. The van der Waals surface area contributed by atoms with Crippen LogP contribution in [0.1, 0.15) is 24.2 Å². The number of rotatable bonds is 4. The standard InChI is InChI=1S/C15H19ClF2N2O4S/c1-10(2)19-25(22,23)11-3-4-13(16)12(7-11)14(21)20-5-6-24-9-15(17,18)8-20/h3-4,7,10,19H,5-6,8-9H2,1-2H3. The van der Waals surface area contributed by atoms with Crippen molar-refractivity contribution in [1.29, 1.82) is 0 Å². The maximum atomic E-state index is 13.6. The van der Waals surface area contributed by atoms with Crippen molar-refractivity contribution in [2.75, 3.05) is 26.3 Å². The number of hydrogen-bond donors (Lipinski definition) is 1. The number of alkyl halides is 2. The Labute approximate surface area is 150 Å². The van der Waals surface area contributed by atoms with Gasteiger partial charge in [0.25, 0.3) is 11.8 Å². The Bertz CT molecular complexity index is 756. The van der Waals surface area contributed by atoms with Gasteiger partial charge >= 0.3 is 0 Å². The van der Waals surface area contributed by atoms with Crippen molar-refractivity contribution >= 4 is 27.5 Å². The van der Waals surface area contributed by atoms with Gasteiger partial charge in [0.2, 0.25) is 10.0 Å². The molecule has 0 aromatic heterocycles. The molecule has 0 saturated carbocycles. The second-order valence-corrected chi connectivity index (χ2v) is 8.17. The van der Waals surface area contributed by atoms with E-state index in [4.69, 9.17) is 16.3 Å². The van der Waals surface area contributed by atoms with E-state index in [-0.39, 0.29) is 34.7 Å². The monoisotopic (exact) mass is 396 g/mol. The van der Waals surface area contributed by atoms with Crippen molar-refractivity contribution in [3.05, 3.63) is 28.8 Å². The third-order valence-electron chi connectivity index (χ3n) is 3.40. The first kappa shape index (κ1) is 20.0. The lowest BCUT2D eigenvalue weighted by Gasteiger charge is -2.24. The number of halogens is 3. The highest BCUT2D eigenvalue weighted by Crippen LogP contribution is 2.25. The molecule has 1 N–H and O–H groups in total. The van der Waals surface area contributed by atoms with E-state index in [1.54, 1.807) is 13.8 Å². The lowest BCUT2D eigenvalue weighted by molar-refractivity contribution is -0.0660. The highest BCUT2D eigenvalue weighted by atomic mass is 35.5. The number of benzene rings is 1. The molecule has 1 fully saturated rings. The van der Waals surface area contributed by atoms with Gasteiger partial charge in [0.1, 0.15) is 6.61 Å². The Hall–Kier alpha value is -1.29. The van der Waals surface area contributed by atoms with Gasteiger partial charge in [-0.3, -0.25) is 4.79 Å². The van der Waals surface area contributed by atoms with Gasteiger partial charge < -0.3 is 9.64 Å². The molecule has 1 heterocycles. The summed E-state index contributed by atoms with van der Waals surface area (Å²) in [5.41, 5.74) is -0.147. The fraction of sp³-hybridized carbons (Fsp3) is 0.533. The van der Waals surface area contributed by atoms with Gasteiger partial charge in [-0.05, 0) is 32.0 Å². The van der Waals surface area contributed by atoms with Crippen LogP contribution >= 0.6 is 11.6 Å². The van der Waals surface area contributed by atoms with E-state index in [2.05, 4.69) is 4.72 Å². The molecule has 0 aliphatic carbocycles. The van der Waals surface area contributed by atoms with E-state index in [1.165, 1.54) is 12.1 Å². The van der Waals surface area contributed by atoms with Crippen LogP contribution in [0.4, 0.5) is 8.78 Å². The molecular weight excluding hydrogens is 378 g/mol. The minimum absolute atomic E-state index is 0.0121. The molecule has 1 aliphatic rings. The quantitative estimate of drug-likeness (QED) is 0.846. The minimum atomic E-state index is -3.85. The molecule has 0 bridgehead atoms. The van der Waals surface area contributed by atoms with Gasteiger partial charge in [0, 0.05) is 12.6 Å². The highest BCUT2D eigenvalue weighted by molar-refractivity contribution is 7.89. The summed E-state index contributed by atoms with van der Waals surface area (Å²) < 4.78 is 59.0. The van der Waals surface area contributed by atoms with Crippen LogP contribution in [-0.2, 0) is 14.8 Å². The molecule has 1 saturated heterocycles. The summed E-state index contributed by atoms with van der Waals surface area (Å²) in [4.78, 5) is 13.4. The number of ether oxygens (including phenoxy) is 1. The van der Waals surface area contributed by atoms with E-state index in [0.717, 1.165) is 11.0 Å². The number of nitrogens with one attached hydrogen (secondary N) is 1. The Morgan fingerprint density at radius 1 is 1.40 bits per heavy atom. The van der Waals surface area contributed by atoms with Crippen LogP contribution in [0.15, 0.2) is 23.1 Å². The number of hydrogen-bond acceptors (Lipinski definition) is 4. The van der Waals surface area contributed by atoms with Gasteiger partial charge in [0.15, 0.2) is 0 Å². The van der Waals surface area contributed by atoms with Crippen LogP contribution in [-0.4, -0.2) is 57.5 Å². The third kappa shape index (κ3) is 5.10. The zero-order chi connectivity index (χ0) is 18.8. The maximum Gasteiger partial charge on any atom is 0.288 e. The molecule has 140 valence electrons. The number of amides is 1. The van der Waals surface area contributed by atoms with E-state index >= 15 is 0 Å². The van der Waals surface area contributed by atoms with E-state index in [0.29, 0.717) is 0 Å². The molecule has 0 spiro atoms. The average Bonchev–Trinajstić information content (AvgIpc) is 2.66. The number of carbonyl (C=O) groups excluding carboxylic acids is 1. The van der Waals surface area contributed by atoms with Gasteiger partial charge in [0.05, 0.1) is 28.6 Å². The predicted octanol–water partition coefficient (Wildman–Crippen LogP) is 2.13. The van der Waals surface area contributed by atoms with Gasteiger partial charge in [-0.25, -0.2) is 21.9 Å². The number of nitrogens with zero attached hydrogens (tertiary/aromatic N) is 1. The summed E-state index contributed by atoms with van der Waals surface area (Å²) in [7, 11) is -3.85. The van der Waals surface area contributed by atoms with E-state index in [9.17, 15) is 22.0 Å². The summed E-state index contributed by atoms with van der Waals surface area (Å²) in [5, 5.41) is -0.0121. The average molecular weight is 397 g/mol. The maximum absolute atomic E-state index is 13.6. The summed E-state index contributed by atoms with van der Waals surface area (Å²) in [6.45, 7) is 1.65. The first-order chi connectivity index (χ1) is 11.5. The van der Waals surface area contributed by atoms with Crippen molar-refractivity contribution in [2.45, 2.75) is 30.7 Å². The zero-order valence-corrected chi connectivity index (χ0v) is 15.3. The van der Waals surface area contributed by atoms with Gasteiger partial charge in [-0.2, -0.15) is 0 Å². The van der Waals surface area contributed by atoms with Crippen LogP contribution in [0.25, 0.3) is 0 Å². The first-order valence-electron chi connectivity index (χ1n) is 7.58. The normalized spacial score (nSPS) is 18.2. The molecule has 1 aliphatic heterocycles. The Balaban J connectivity index is 2.35. The fourth-order valence-corrected chi connectivity index (χ4v) is 3.83. The summed E-state index contributed by atoms with van der Waals surface area (Å²) in [6, 6.07) is 3.26. The van der Waals surface area contributed by atoms with Crippen molar-refractivity contribution in [3.8, 4) is 0 Å². The Morgan fingerprint density at radius 3 is 2.72 bits per heavy atom. The lowest BCUT2D eigenvalue weighted by atomic mass is 10.2. The van der Waals surface area contributed by atoms with Crippen LogP contribution < -0.4 is 4.72 Å². The van der Waals surface area contributed by atoms with Crippen molar-refractivity contribution in [1.82, 2.24) is 9.62 Å². The molecule has 10 heteroatoms. The molecular formula is C15H19ClF2N2O4S. The molecule has 1 amide bonds. The van der Waals surface area contributed by atoms with Crippen molar-refractivity contribution < 1.29 is 26.7 Å². The predicted molar refractivity (Wildman–Crippen MR) is 88.6 cm³/mol. The van der Waals surface area contributed by atoms with Gasteiger partial charge in [-0.15, -0.1) is 0 Å². The third-order valence-corrected chi connectivity index (χ3v) is 5.38. The van der Waals surface area contributed by atoms with Crippen LogP contribution in [0.5, 0.6) is 0 Å². The topological polar surface area (TPSA) is 75.7 Å². The fourth-order valence-electron chi connectivity index (χ4n) is 2.36. The molecule has 0 atom stereocenters. The Kier molecular flexibility index (Phi) is 6.03. The molecule has 0 radical (unpaired) electrons. The van der Waals surface area contributed by atoms with E-state index < -0.39 is 35.0 Å². The van der Waals surface area contributed by atoms with Crippen LogP contribution in [0.2, 0.25) is 5.02 Å². The SMILES string of the molecule is CC(C)NS(=O)(=O)c1ccc(Cl)c(C(=O)N2CCOCC(F)(F)C2)c1. The molecule has 25 heavy (non-hydrogen) atoms. The molecule has 6 nitrogen and oxygen atoms in total. The molecule has 1 aromatic rings. The number of sulfonamides is 1. The largest absolute Gasteiger partial charge is 0.373 e. The first-order valence-corrected chi connectivity index (χ1v) is 9.45. The Morgan fingerprint density at radius 2 is 2.08 bits per heavy atom. The number of carbonyl (C=O) groups is 1. The lowest BCUT2D eigenvalue weighted by Crippen LogP contribution is -2.41. The smallest absolute Gasteiger partial charge is 0.288 e. The molecule has 0 unspecified atom stereocenters. The summed E-state index contributed by atoms with van der Waals surface area (Å²) >= 11 is 6.00. The van der Waals surface area contributed by atoms with Crippen LogP contribution in [0, 0.1) is 0 Å². The van der Waals surface area contributed by atoms with Crippen molar-refractivity contribution in [2.24, 2.45) is 0 Å². The second-order valence-electron chi connectivity index (χ2n) is 6.05. The van der Waals surface area contributed by atoms with Crippen LogP contribution in [0.3, 0.4) is 0 Å². The van der Waals surface area contributed by atoms with Crippen molar-refractivity contribution in [3.63, 3.8) is 0 Å². The molecule has 2 rings (SSSR count). The summed E-state index contributed by atoms with van der Waals surface area (Å²) in [5.74, 6) is -3.95. The highest BCUT2D eigenvalue weighted by Gasteiger charge is 2.37.